The molecule has 0 bridgehead atoms. The molecule has 1 aliphatic heterocycles. The molecular weight excluding hydrogens is 398 g/mol. The van der Waals surface area contributed by atoms with Crippen LogP contribution >= 0.6 is 0 Å². The van der Waals surface area contributed by atoms with Crippen LogP contribution in [0.5, 0.6) is 0 Å². The van der Waals surface area contributed by atoms with Crippen LogP contribution in [0.4, 0.5) is 14.5 Å². The summed E-state index contributed by atoms with van der Waals surface area (Å²) in [4.78, 5) is 27.5. The molecule has 4 rings (SSSR count). The largest absolute Gasteiger partial charge is 0.350 e. The van der Waals surface area contributed by atoms with Crippen LogP contribution < -0.4 is 5.32 Å². The summed E-state index contributed by atoms with van der Waals surface area (Å²) in [7, 11) is 0. The Morgan fingerprint density at radius 1 is 0.871 bits per heavy atom. The fourth-order valence-corrected chi connectivity index (χ4v) is 3.52. The van der Waals surface area contributed by atoms with Crippen molar-refractivity contribution in [3.63, 3.8) is 0 Å². The Morgan fingerprint density at radius 2 is 1.58 bits per heavy atom. The molecule has 0 fully saturated rings. The van der Waals surface area contributed by atoms with Crippen LogP contribution in [-0.4, -0.2) is 16.7 Å². The first kappa shape index (κ1) is 20.5. The molecule has 0 atom stereocenters. The zero-order valence-corrected chi connectivity index (χ0v) is 17.1. The van der Waals surface area contributed by atoms with Crippen molar-refractivity contribution < 1.29 is 18.4 Å². The maximum Gasteiger partial charge on any atom is 0.278 e. The van der Waals surface area contributed by atoms with Gasteiger partial charge in [0.25, 0.3) is 11.8 Å². The minimum atomic E-state index is -0.562. The number of anilines is 1. The van der Waals surface area contributed by atoms with E-state index in [0.29, 0.717) is 11.3 Å². The molecule has 4 nitrogen and oxygen atoms in total. The van der Waals surface area contributed by atoms with Gasteiger partial charge in [0.15, 0.2) is 0 Å². The van der Waals surface area contributed by atoms with E-state index in [-0.39, 0.29) is 23.4 Å². The Morgan fingerprint density at radius 3 is 2.29 bits per heavy atom. The first-order valence-electron chi connectivity index (χ1n) is 9.79. The van der Waals surface area contributed by atoms with Crippen molar-refractivity contribution in [1.29, 1.82) is 0 Å². The Kier molecular flexibility index (Phi) is 5.38. The number of nitrogens with one attached hydrogen (secondary N) is 1. The molecule has 156 valence electrons. The summed E-state index contributed by atoms with van der Waals surface area (Å²) in [5.41, 5.74) is 3.41. The van der Waals surface area contributed by atoms with Crippen molar-refractivity contribution in [2.24, 2.45) is 0 Å². The van der Waals surface area contributed by atoms with Crippen molar-refractivity contribution >= 4 is 23.1 Å². The molecule has 0 radical (unpaired) electrons. The number of rotatable bonds is 5. The predicted molar refractivity (Wildman–Crippen MR) is 115 cm³/mol. The molecule has 3 aromatic carbocycles. The summed E-state index contributed by atoms with van der Waals surface area (Å²) in [6.45, 7) is 3.61. The highest BCUT2D eigenvalue weighted by Crippen LogP contribution is 2.32. The number of halogens is 2. The number of amides is 2. The number of carbonyl (C=O) groups is 2. The SMILES string of the molecule is Cc1ccc(C)c(NC2=C(c3ccc(F)cc3)C(=O)N(Cc3ccccc3F)C2=O)c1. The maximum atomic E-state index is 14.2. The van der Waals surface area contributed by atoms with E-state index >= 15 is 0 Å². The standard InChI is InChI=1S/C25H20F2N2O2/c1-15-7-8-16(2)21(13-15)28-23-22(17-9-11-19(26)12-10-17)24(30)29(25(23)31)14-18-5-3-4-6-20(18)27/h3-13,28H,14H2,1-2H3. The second-order valence-corrected chi connectivity index (χ2v) is 7.49. The average molecular weight is 418 g/mol. The normalized spacial score (nSPS) is 13.9. The van der Waals surface area contributed by atoms with E-state index in [0.717, 1.165) is 16.0 Å². The minimum Gasteiger partial charge on any atom is -0.350 e. The fourth-order valence-electron chi connectivity index (χ4n) is 3.52. The maximum absolute atomic E-state index is 14.2. The highest BCUT2D eigenvalue weighted by Gasteiger charge is 2.39. The fraction of sp³-hybridized carbons (Fsp3) is 0.120. The molecule has 1 heterocycles. The molecule has 0 saturated heterocycles. The molecule has 0 spiro atoms. The van der Waals surface area contributed by atoms with E-state index in [1.165, 1.54) is 36.4 Å². The zero-order valence-electron chi connectivity index (χ0n) is 17.1. The highest BCUT2D eigenvalue weighted by atomic mass is 19.1. The van der Waals surface area contributed by atoms with Crippen molar-refractivity contribution in [3.8, 4) is 0 Å². The van der Waals surface area contributed by atoms with Gasteiger partial charge < -0.3 is 5.32 Å². The Balaban J connectivity index is 1.78. The van der Waals surface area contributed by atoms with Crippen molar-refractivity contribution in [3.05, 3.63) is 106 Å². The van der Waals surface area contributed by atoms with E-state index in [1.807, 2.05) is 32.0 Å². The number of hydrogen-bond donors (Lipinski definition) is 1. The lowest BCUT2D eigenvalue weighted by Gasteiger charge is -2.16. The third kappa shape index (κ3) is 3.97. The van der Waals surface area contributed by atoms with E-state index in [9.17, 15) is 18.4 Å². The summed E-state index contributed by atoms with van der Waals surface area (Å²) in [5, 5.41) is 3.10. The van der Waals surface area contributed by atoms with Crippen LogP contribution in [0, 0.1) is 25.5 Å². The number of hydrogen-bond acceptors (Lipinski definition) is 3. The summed E-state index contributed by atoms with van der Waals surface area (Å²) < 4.78 is 27.6. The lowest BCUT2D eigenvalue weighted by molar-refractivity contribution is -0.137. The lowest BCUT2D eigenvalue weighted by Crippen LogP contribution is -2.32. The van der Waals surface area contributed by atoms with Crippen LogP contribution in [0.2, 0.25) is 0 Å². The monoisotopic (exact) mass is 418 g/mol. The smallest absolute Gasteiger partial charge is 0.278 e. The van der Waals surface area contributed by atoms with Crippen molar-refractivity contribution in [2.75, 3.05) is 5.32 Å². The number of benzene rings is 3. The van der Waals surface area contributed by atoms with Crippen molar-refractivity contribution in [1.82, 2.24) is 4.90 Å². The molecule has 6 heteroatoms. The van der Waals surface area contributed by atoms with Gasteiger partial charge in [-0.15, -0.1) is 0 Å². The lowest BCUT2D eigenvalue weighted by atomic mass is 10.0. The quantitative estimate of drug-likeness (QED) is 0.595. The van der Waals surface area contributed by atoms with E-state index in [4.69, 9.17) is 0 Å². The Labute approximate surface area is 178 Å². The molecule has 2 amide bonds. The first-order chi connectivity index (χ1) is 14.8. The second kappa shape index (κ2) is 8.14. The van der Waals surface area contributed by atoms with Gasteiger partial charge in [-0.3, -0.25) is 14.5 Å². The number of imide groups is 1. The first-order valence-corrected chi connectivity index (χ1v) is 9.79. The average Bonchev–Trinajstić information content (AvgIpc) is 2.97. The second-order valence-electron chi connectivity index (χ2n) is 7.49. The van der Waals surface area contributed by atoms with E-state index < -0.39 is 23.4 Å². The van der Waals surface area contributed by atoms with Gasteiger partial charge in [-0.25, -0.2) is 8.78 Å². The van der Waals surface area contributed by atoms with Crippen LogP contribution in [0.3, 0.4) is 0 Å². The van der Waals surface area contributed by atoms with Crippen molar-refractivity contribution in [2.45, 2.75) is 20.4 Å². The van der Waals surface area contributed by atoms with Crippen LogP contribution in [-0.2, 0) is 16.1 Å². The van der Waals surface area contributed by atoms with Crippen LogP contribution in [0.1, 0.15) is 22.3 Å². The summed E-state index contributed by atoms with van der Waals surface area (Å²) in [6, 6.07) is 17.1. The van der Waals surface area contributed by atoms with Gasteiger partial charge in [-0.1, -0.05) is 42.5 Å². The molecule has 3 aromatic rings. The van der Waals surface area contributed by atoms with Gasteiger partial charge in [-0.2, -0.15) is 0 Å². The number of carbonyl (C=O) groups excluding carboxylic acids is 2. The Hall–Kier alpha value is -3.80. The molecule has 0 unspecified atom stereocenters. The molecule has 0 aromatic heterocycles. The third-order valence-electron chi connectivity index (χ3n) is 5.24. The van der Waals surface area contributed by atoms with E-state index in [2.05, 4.69) is 5.32 Å². The summed E-state index contributed by atoms with van der Waals surface area (Å²) in [5.74, 6) is -2.07. The van der Waals surface area contributed by atoms with Gasteiger partial charge in [0, 0.05) is 11.3 Å². The molecule has 1 N–H and O–H groups in total. The predicted octanol–water partition coefficient (Wildman–Crippen LogP) is 4.97. The van der Waals surface area contributed by atoms with Gasteiger partial charge in [0.05, 0.1) is 12.1 Å². The third-order valence-corrected chi connectivity index (χ3v) is 5.24. The Bertz CT molecular complexity index is 1220. The number of aryl methyl sites for hydroxylation is 2. The van der Waals surface area contributed by atoms with Gasteiger partial charge in [0.2, 0.25) is 0 Å². The molecule has 0 aliphatic carbocycles. The molecule has 31 heavy (non-hydrogen) atoms. The number of nitrogens with zero attached hydrogens (tertiary/aromatic N) is 1. The highest BCUT2D eigenvalue weighted by molar-refractivity contribution is 6.36. The molecule has 1 aliphatic rings. The van der Waals surface area contributed by atoms with Gasteiger partial charge in [-0.05, 0) is 54.8 Å². The van der Waals surface area contributed by atoms with Crippen LogP contribution in [0.15, 0.2) is 72.4 Å². The summed E-state index contributed by atoms with van der Waals surface area (Å²) >= 11 is 0. The summed E-state index contributed by atoms with van der Waals surface area (Å²) in [6.07, 6.45) is 0. The minimum absolute atomic E-state index is 0.0849. The van der Waals surface area contributed by atoms with Gasteiger partial charge in [0.1, 0.15) is 17.3 Å². The van der Waals surface area contributed by atoms with Crippen LogP contribution in [0.25, 0.3) is 5.57 Å². The topological polar surface area (TPSA) is 49.4 Å². The zero-order chi connectivity index (χ0) is 22.1. The van der Waals surface area contributed by atoms with Gasteiger partial charge >= 0.3 is 0 Å². The molecular formula is C25H20F2N2O2. The molecule has 0 saturated carbocycles. The van der Waals surface area contributed by atoms with E-state index in [1.54, 1.807) is 12.1 Å².